The number of hydrogen-bond donors (Lipinski definition) is 1. The first kappa shape index (κ1) is 13.7. The Hall–Kier alpha value is -1.75. The van der Waals surface area contributed by atoms with Gasteiger partial charge in [-0.25, -0.2) is 4.79 Å². The molecule has 5 heteroatoms. The molecular formula is C14H15BrN2O2. The Balaban J connectivity index is 1.98. The van der Waals surface area contributed by atoms with E-state index in [2.05, 4.69) is 21.2 Å². The van der Waals surface area contributed by atoms with Crippen molar-refractivity contribution in [1.29, 1.82) is 0 Å². The molecule has 0 aliphatic rings. The lowest BCUT2D eigenvalue weighted by molar-refractivity contribution is 0.217. The summed E-state index contributed by atoms with van der Waals surface area (Å²) in [6.45, 7) is 2.42. The number of hydrogen-bond acceptors (Lipinski definition) is 2. The lowest BCUT2D eigenvalue weighted by Crippen LogP contribution is -2.30. The third-order valence-corrected chi connectivity index (χ3v) is 3.62. The molecule has 19 heavy (non-hydrogen) atoms. The van der Waals surface area contributed by atoms with E-state index in [0.29, 0.717) is 6.54 Å². The van der Waals surface area contributed by atoms with Gasteiger partial charge in [-0.05, 0) is 42.8 Å². The smallest absolute Gasteiger partial charge is 0.321 e. The summed E-state index contributed by atoms with van der Waals surface area (Å²) in [4.78, 5) is 13.6. The summed E-state index contributed by atoms with van der Waals surface area (Å²) in [5.41, 5.74) is 1.85. The molecule has 0 fully saturated rings. The van der Waals surface area contributed by atoms with E-state index in [9.17, 15) is 4.79 Å². The summed E-state index contributed by atoms with van der Waals surface area (Å²) in [6, 6.07) is 9.17. The molecule has 0 saturated heterocycles. The predicted octanol–water partition coefficient (Wildman–Crippen LogP) is 4.01. The molecule has 0 radical (unpaired) electrons. The second-order valence-corrected chi connectivity index (χ2v) is 5.18. The van der Waals surface area contributed by atoms with Gasteiger partial charge in [-0.3, -0.25) is 0 Å². The van der Waals surface area contributed by atoms with Crippen LogP contribution in [-0.4, -0.2) is 18.0 Å². The lowest BCUT2D eigenvalue weighted by Gasteiger charge is -2.17. The van der Waals surface area contributed by atoms with Crippen LogP contribution in [0.25, 0.3) is 0 Å². The summed E-state index contributed by atoms with van der Waals surface area (Å²) in [7, 11) is 1.73. The van der Waals surface area contributed by atoms with E-state index in [0.717, 1.165) is 21.5 Å². The Morgan fingerprint density at radius 2 is 2.21 bits per heavy atom. The van der Waals surface area contributed by atoms with Crippen molar-refractivity contribution in [3.05, 3.63) is 52.4 Å². The van der Waals surface area contributed by atoms with Gasteiger partial charge in [0.25, 0.3) is 0 Å². The van der Waals surface area contributed by atoms with Crippen molar-refractivity contribution < 1.29 is 9.21 Å². The first-order chi connectivity index (χ1) is 9.06. The first-order valence-corrected chi connectivity index (χ1v) is 6.66. The zero-order chi connectivity index (χ0) is 13.8. The molecule has 2 aromatic rings. The largest absolute Gasteiger partial charge is 0.467 e. The van der Waals surface area contributed by atoms with Crippen molar-refractivity contribution in [2.75, 3.05) is 12.4 Å². The maximum Gasteiger partial charge on any atom is 0.321 e. The molecule has 100 valence electrons. The first-order valence-electron chi connectivity index (χ1n) is 5.87. The number of carbonyl (C=O) groups excluding carboxylic acids is 1. The highest BCUT2D eigenvalue weighted by molar-refractivity contribution is 9.10. The van der Waals surface area contributed by atoms with E-state index in [-0.39, 0.29) is 6.03 Å². The number of benzene rings is 1. The summed E-state index contributed by atoms with van der Waals surface area (Å²) in [5.74, 6) is 0.754. The van der Waals surface area contributed by atoms with Crippen LogP contribution in [0.1, 0.15) is 11.3 Å². The fourth-order valence-corrected chi connectivity index (χ4v) is 1.90. The van der Waals surface area contributed by atoms with Gasteiger partial charge < -0.3 is 14.6 Å². The SMILES string of the molecule is Cc1cc(NC(=O)N(C)Cc2ccco2)ccc1Br. The highest BCUT2D eigenvalue weighted by Gasteiger charge is 2.11. The Bertz CT molecular complexity index is 567. The van der Waals surface area contributed by atoms with E-state index in [4.69, 9.17) is 4.42 Å². The molecule has 1 heterocycles. The highest BCUT2D eigenvalue weighted by atomic mass is 79.9. The van der Waals surface area contributed by atoms with Crippen LogP contribution in [0.2, 0.25) is 0 Å². The molecule has 0 atom stereocenters. The van der Waals surface area contributed by atoms with Crippen molar-refractivity contribution in [2.45, 2.75) is 13.5 Å². The molecular weight excluding hydrogens is 308 g/mol. The molecule has 0 bridgehead atoms. The maximum atomic E-state index is 12.0. The summed E-state index contributed by atoms with van der Waals surface area (Å²) < 4.78 is 6.23. The van der Waals surface area contributed by atoms with Crippen LogP contribution in [-0.2, 0) is 6.54 Å². The van der Waals surface area contributed by atoms with Crippen LogP contribution in [0.4, 0.5) is 10.5 Å². The van der Waals surface area contributed by atoms with Crippen molar-refractivity contribution >= 4 is 27.6 Å². The van der Waals surface area contributed by atoms with Gasteiger partial charge in [0, 0.05) is 17.2 Å². The van der Waals surface area contributed by atoms with Gasteiger partial charge in [-0.1, -0.05) is 15.9 Å². The van der Waals surface area contributed by atoms with Crippen molar-refractivity contribution in [3.63, 3.8) is 0 Å². The number of rotatable bonds is 3. The molecule has 0 unspecified atom stereocenters. The molecule has 1 aromatic heterocycles. The normalized spacial score (nSPS) is 10.3. The fraction of sp³-hybridized carbons (Fsp3) is 0.214. The van der Waals surface area contributed by atoms with Gasteiger partial charge in [0.1, 0.15) is 5.76 Å². The quantitative estimate of drug-likeness (QED) is 0.927. The molecule has 0 aliphatic heterocycles. The summed E-state index contributed by atoms with van der Waals surface area (Å²) >= 11 is 3.43. The number of carbonyl (C=O) groups is 1. The van der Waals surface area contributed by atoms with Crippen molar-refractivity contribution in [3.8, 4) is 0 Å². The van der Waals surface area contributed by atoms with Crippen molar-refractivity contribution in [1.82, 2.24) is 4.90 Å². The average Bonchev–Trinajstić information content (AvgIpc) is 2.86. The average molecular weight is 323 g/mol. The molecule has 1 N–H and O–H groups in total. The van der Waals surface area contributed by atoms with Crippen LogP contribution in [0.3, 0.4) is 0 Å². The molecule has 1 aromatic carbocycles. The van der Waals surface area contributed by atoms with Gasteiger partial charge in [-0.2, -0.15) is 0 Å². The van der Waals surface area contributed by atoms with E-state index in [1.54, 1.807) is 24.3 Å². The molecule has 0 aliphatic carbocycles. The second kappa shape index (κ2) is 5.93. The third-order valence-electron chi connectivity index (χ3n) is 2.73. The van der Waals surface area contributed by atoms with Crippen LogP contribution in [0.15, 0.2) is 45.5 Å². The minimum absolute atomic E-state index is 0.168. The lowest BCUT2D eigenvalue weighted by atomic mass is 10.2. The van der Waals surface area contributed by atoms with Gasteiger partial charge in [0.2, 0.25) is 0 Å². The number of urea groups is 1. The van der Waals surface area contributed by atoms with Gasteiger partial charge in [0.05, 0.1) is 12.8 Å². The Morgan fingerprint density at radius 1 is 1.42 bits per heavy atom. The van der Waals surface area contributed by atoms with E-state index >= 15 is 0 Å². The Kier molecular flexibility index (Phi) is 4.27. The highest BCUT2D eigenvalue weighted by Crippen LogP contribution is 2.20. The summed E-state index contributed by atoms with van der Waals surface area (Å²) in [5, 5.41) is 2.85. The number of amides is 2. The van der Waals surface area contributed by atoms with E-state index in [1.165, 1.54) is 0 Å². The van der Waals surface area contributed by atoms with Gasteiger partial charge in [0.15, 0.2) is 0 Å². The van der Waals surface area contributed by atoms with Crippen LogP contribution >= 0.6 is 15.9 Å². The molecule has 0 spiro atoms. The minimum Gasteiger partial charge on any atom is -0.467 e. The number of nitrogens with zero attached hydrogens (tertiary/aromatic N) is 1. The number of anilines is 1. The molecule has 4 nitrogen and oxygen atoms in total. The third kappa shape index (κ3) is 3.61. The Morgan fingerprint density at radius 3 is 2.84 bits per heavy atom. The van der Waals surface area contributed by atoms with Crippen LogP contribution < -0.4 is 5.32 Å². The maximum absolute atomic E-state index is 12.0. The monoisotopic (exact) mass is 322 g/mol. The van der Waals surface area contributed by atoms with Crippen molar-refractivity contribution in [2.24, 2.45) is 0 Å². The zero-order valence-electron chi connectivity index (χ0n) is 10.8. The Labute approximate surface area is 120 Å². The van der Waals surface area contributed by atoms with Crippen LogP contribution in [0.5, 0.6) is 0 Å². The molecule has 2 amide bonds. The van der Waals surface area contributed by atoms with Gasteiger partial charge >= 0.3 is 6.03 Å². The van der Waals surface area contributed by atoms with Gasteiger partial charge in [-0.15, -0.1) is 0 Å². The fourth-order valence-electron chi connectivity index (χ4n) is 1.65. The van der Waals surface area contributed by atoms with E-state index < -0.39 is 0 Å². The summed E-state index contributed by atoms with van der Waals surface area (Å²) in [6.07, 6.45) is 1.60. The number of nitrogens with one attached hydrogen (secondary N) is 1. The zero-order valence-corrected chi connectivity index (χ0v) is 12.4. The topological polar surface area (TPSA) is 45.5 Å². The standard InChI is InChI=1S/C14H15BrN2O2/c1-10-8-11(5-6-13(10)15)16-14(18)17(2)9-12-4-3-7-19-12/h3-8H,9H2,1-2H3,(H,16,18). The minimum atomic E-state index is -0.168. The number of furan rings is 1. The number of aryl methyl sites for hydroxylation is 1. The van der Waals surface area contributed by atoms with E-state index in [1.807, 2.05) is 31.2 Å². The predicted molar refractivity (Wildman–Crippen MR) is 78.1 cm³/mol. The van der Waals surface area contributed by atoms with Crippen LogP contribution in [0, 0.1) is 6.92 Å². The molecule has 0 saturated carbocycles. The molecule has 2 rings (SSSR count). The number of halogens is 1. The second-order valence-electron chi connectivity index (χ2n) is 4.33.